The molecule has 0 saturated heterocycles. The fourth-order valence-corrected chi connectivity index (χ4v) is 1.48. The van der Waals surface area contributed by atoms with E-state index in [1.165, 1.54) is 5.56 Å². The summed E-state index contributed by atoms with van der Waals surface area (Å²) in [5.74, 6) is 0.809. The van der Waals surface area contributed by atoms with Crippen LogP contribution in [0.4, 0.5) is 0 Å². The Kier molecular flexibility index (Phi) is 3.26. The van der Waals surface area contributed by atoms with E-state index in [4.69, 9.17) is 0 Å². The molecular formula is C11H15N5. The number of pyridine rings is 1. The van der Waals surface area contributed by atoms with Gasteiger partial charge in [0.1, 0.15) is 6.33 Å². The molecule has 0 aromatic carbocycles. The van der Waals surface area contributed by atoms with Crippen LogP contribution in [0.5, 0.6) is 0 Å². The predicted molar refractivity (Wildman–Crippen MR) is 60.5 cm³/mol. The molecular weight excluding hydrogens is 202 g/mol. The van der Waals surface area contributed by atoms with Gasteiger partial charge in [0.05, 0.1) is 6.54 Å². The first-order valence-corrected chi connectivity index (χ1v) is 5.23. The molecule has 0 bridgehead atoms. The lowest BCUT2D eigenvalue weighted by Gasteiger charge is -2.12. The van der Waals surface area contributed by atoms with E-state index in [0.29, 0.717) is 6.54 Å². The van der Waals surface area contributed by atoms with E-state index in [9.17, 15) is 0 Å². The molecule has 0 saturated carbocycles. The minimum absolute atomic E-state index is 0.270. The summed E-state index contributed by atoms with van der Waals surface area (Å²) in [6.45, 7) is 2.78. The maximum Gasteiger partial charge on any atom is 0.164 e. The average Bonchev–Trinajstić information content (AvgIpc) is 2.73. The Balaban J connectivity index is 1.91. The van der Waals surface area contributed by atoms with Crippen LogP contribution in [0.15, 0.2) is 30.9 Å². The third-order valence-corrected chi connectivity index (χ3v) is 2.42. The van der Waals surface area contributed by atoms with Gasteiger partial charge in [-0.15, -0.1) is 0 Å². The summed E-state index contributed by atoms with van der Waals surface area (Å²) in [5, 5.41) is 7.57. The lowest BCUT2D eigenvalue weighted by Crippen LogP contribution is -2.19. The average molecular weight is 217 g/mol. The number of aryl methyl sites for hydroxylation is 1. The van der Waals surface area contributed by atoms with Crippen molar-refractivity contribution < 1.29 is 0 Å². The third kappa shape index (κ3) is 2.64. The van der Waals surface area contributed by atoms with E-state index < -0.39 is 0 Å². The minimum Gasteiger partial charge on any atom is -0.303 e. The largest absolute Gasteiger partial charge is 0.303 e. The summed E-state index contributed by atoms with van der Waals surface area (Å²) in [7, 11) is 1.86. The summed E-state index contributed by atoms with van der Waals surface area (Å²) in [6.07, 6.45) is 5.30. The van der Waals surface area contributed by atoms with Crippen molar-refractivity contribution in [3.8, 4) is 0 Å². The van der Waals surface area contributed by atoms with Crippen LogP contribution in [0.1, 0.15) is 24.4 Å². The molecule has 16 heavy (non-hydrogen) atoms. The molecule has 2 aromatic heterocycles. The molecule has 5 heteroatoms. The molecule has 0 amide bonds. The van der Waals surface area contributed by atoms with Crippen molar-refractivity contribution in [1.82, 2.24) is 25.1 Å². The van der Waals surface area contributed by atoms with Gasteiger partial charge in [-0.3, -0.25) is 9.67 Å². The van der Waals surface area contributed by atoms with Gasteiger partial charge < -0.3 is 5.32 Å². The highest BCUT2D eigenvalue weighted by Gasteiger charge is 2.05. The van der Waals surface area contributed by atoms with Crippen molar-refractivity contribution >= 4 is 0 Å². The maximum atomic E-state index is 4.21. The summed E-state index contributed by atoms with van der Waals surface area (Å²) in [6, 6.07) is 4.28. The van der Waals surface area contributed by atoms with Crippen molar-refractivity contribution in [3.63, 3.8) is 0 Å². The van der Waals surface area contributed by atoms with E-state index in [-0.39, 0.29) is 6.04 Å². The molecule has 1 atom stereocenters. The lowest BCUT2D eigenvalue weighted by molar-refractivity contribution is 0.555. The van der Waals surface area contributed by atoms with E-state index in [1.54, 1.807) is 23.4 Å². The van der Waals surface area contributed by atoms with Gasteiger partial charge in [0.25, 0.3) is 0 Å². The second-order valence-corrected chi connectivity index (χ2v) is 3.72. The van der Waals surface area contributed by atoms with Gasteiger partial charge in [-0.1, -0.05) is 0 Å². The fourth-order valence-electron chi connectivity index (χ4n) is 1.48. The van der Waals surface area contributed by atoms with Crippen molar-refractivity contribution in [1.29, 1.82) is 0 Å². The molecule has 2 heterocycles. The molecule has 0 aliphatic heterocycles. The molecule has 1 N–H and O–H groups in total. The Morgan fingerprint density at radius 3 is 2.75 bits per heavy atom. The number of aromatic nitrogens is 4. The molecule has 84 valence electrons. The smallest absolute Gasteiger partial charge is 0.164 e. The highest BCUT2D eigenvalue weighted by atomic mass is 15.3. The molecule has 2 rings (SSSR count). The second-order valence-electron chi connectivity index (χ2n) is 3.72. The van der Waals surface area contributed by atoms with Gasteiger partial charge >= 0.3 is 0 Å². The molecule has 5 nitrogen and oxygen atoms in total. The number of nitrogens with zero attached hydrogens (tertiary/aromatic N) is 4. The van der Waals surface area contributed by atoms with Crippen molar-refractivity contribution in [3.05, 3.63) is 42.2 Å². The fraction of sp³-hybridized carbons (Fsp3) is 0.364. The van der Waals surface area contributed by atoms with Gasteiger partial charge in [-0.25, -0.2) is 4.98 Å². The second kappa shape index (κ2) is 4.85. The first-order valence-electron chi connectivity index (χ1n) is 5.23. The SMILES string of the molecule is CC(NCc1ncn(C)n1)c1ccncc1. The van der Waals surface area contributed by atoms with Crippen LogP contribution in [0, 0.1) is 0 Å². The van der Waals surface area contributed by atoms with Gasteiger partial charge in [-0.2, -0.15) is 5.10 Å². The number of nitrogens with one attached hydrogen (secondary N) is 1. The first-order chi connectivity index (χ1) is 7.75. The molecule has 2 aromatic rings. The zero-order valence-electron chi connectivity index (χ0n) is 9.46. The minimum atomic E-state index is 0.270. The molecule has 0 aliphatic carbocycles. The quantitative estimate of drug-likeness (QED) is 0.832. The van der Waals surface area contributed by atoms with E-state index in [2.05, 4.69) is 27.3 Å². The Bertz CT molecular complexity index is 437. The van der Waals surface area contributed by atoms with Gasteiger partial charge in [0.15, 0.2) is 5.82 Å². The van der Waals surface area contributed by atoms with E-state index in [0.717, 1.165) is 5.82 Å². The van der Waals surface area contributed by atoms with Crippen LogP contribution in [0.2, 0.25) is 0 Å². The molecule has 1 unspecified atom stereocenters. The lowest BCUT2D eigenvalue weighted by atomic mass is 10.1. The number of hydrogen-bond donors (Lipinski definition) is 1. The summed E-state index contributed by atoms with van der Waals surface area (Å²) >= 11 is 0. The van der Waals surface area contributed by atoms with Crippen molar-refractivity contribution in [2.24, 2.45) is 7.05 Å². The normalized spacial score (nSPS) is 12.6. The zero-order valence-corrected chi connectivity index (χ0v) is 9.46. The molecule has 0 aliphatic rings. The van der Waals surface area contributed by atoms with Crippen LogP contribution in [-0.2, 0) is 13.6 Å². The summed E-state index contributed by atoms with van der Waals surface area (Å²) in [4.78, 5) is 8.15. The van der Waals surface area contributed by atoms with Crippen LogP contribution in [0.3, 0.4) is 0 Å². The van der Waals surface area contributed by atoms with Gasteiger partial charge in [0.2, 0.25) is 0 Å². The van der Waals surface area contributed by atoms with Crippen LogP contribution >= 0.6 is 0 Å². The van der Waals surface area contributed by atoms with Gasteiger partial charge in [-0.05, 0) is 24.6 Å². The van der Waals surface area contributed by atoms with Crippen LogP contribution in [0.25, 0.3) is 0 Å². The van der Waals surface area contributed by atoms with Gasteiger partial charge in [0, 0.05) is 25.5 Å². The zero-order chi connectivity index (χ0) is 11.4. The summed E-state index contributed by atoms with van der Waals surface area (Å²) in [5.41, 5.74) is 1.21. The summed E-state index contributed by atoms with van der Waals surface area (Å²) < 4.78 is 1.70. The molecule has 0 fully saturated rings. The standard InChI is InChI=1S/C11H15N5/c1-9(10-3-5-12-6-4-10)13-7-11-14-8-16(2)15-11/h3-6,8-9,13H,7H2,1-2H3. The number of rotatable bonds is 4. The van der Waals surface area contributed by atoms with E-state index >= 15 is 0 Å². The Morgan fingerprint density at radius 1 is 1.38 bits per heavy atom. The topological polar surface area (TPSA) is 55.6 Å². The first kappa shape index (κ1) is 10.8. The Morgan fingerprint density at radius 2 is 2.12 bits per heavy atom. The van der Waals surface area contributed by atoms with E-state index in [1.807, 2.05) is 19.2 Å². The highest BCUT2D eigenvalue weighted by molar-refractivity contribution is 5.13. The molecule has 0 spiro atoms. The highest BCUT2D eigenvalue weighted by Crippen LogP contribution is 2.10. The monoisotopic (exact) mass is 217 g/mol. The van der Waals surface area contributed by atoms with Crippen molar-refractivity contribution in [2.75, 3.05) is 0 Å². The predicted octanol–water partition coefficient (Wildman–Crippen LogP) is 1.06. The Labute approximate surface area is 94.5 Å². The third-order valence-electron chi connectivity index (χ3n) is 2.42. The van der Waals surface area contributed by atoms with Crippen LogP contribution < -0.4 is 5.32 Å². The van der Waals surface area contributed by atoms with Crippen LogP contribution in [-0.4, -0.2) is 19.7 Å². The maximum absolute atomic E-state index is 4.21. The Hall–Kier alpha value is -1.75. The van der Waals surface area contributed by atoms with Crippen molar-refractivity contribution in [2.45, 2.75) is 19.5 Å². The molecule has 0 radical (unpaired) electrons. The number of hydrogen-bond acceptors (Lipinski definition) is 4.